The van der Waals surface area contributed by atoms with Crippen molar-refractivity contribution in [3.05, 3.63) is 34.1 Å². The highest BCUT2D eigenvalue weighted by Gasteiger charge is 2.38. The highest BCUT2D eigenvalue weighted by Crippen LogP contribution is 2.37. The predicted octanol–water partition coefficient (Wildman–Crippen LogP) is 3.71. The van der Waals surface area contributed by atoms with Gasteiger partial charge in [-0.25, -0.2) is 4.39 Å². The van der Waals surface area contributed by atoms with Gasteiger partial charge in [-0.15, -0.1) is 0 Å². The minimum Gasteiger partial charge on any atom is -0.393 e. The van der Waals surface area contributed by atoms with Crippen molar-refractivity contribution in [1.29, 1.82) is 0 Å². The Labute approximate surface area is 128 Å². The fourth-order valence-electron chi connectivity index (χ4n) is 3.84. The van der Waals surface area contributed by atoms with Crippen LogP contribution in [0.15, 0.2) is 22.7 Å². The first-order valence-corrected chi connectivity index (χ1v) is 8.31. The molecule has 20 heavy (non-hydrogen) atoms. The number of rotatable bonds is 3. The third-order valence-corrected chi connectivity index (χ3v) is 5.73. The topological polar surface area (TPSA) is 23.5 Å². The van der Waals surface area contributed by atoms with Crippen LogP contribution in [0.2, 0.25) is 0 Å². The summed E-state index contributed by atoms with van der Waals surface area (Å²) in [6.07, 6.45) is 5.41. The fraction of sp³-hybridized carbons (Fsp3) is 0.625. The Bertz CT molecular complexity index is 482. The SMILES string of the molecule is OC1CCCC1C1CCCN1Cc1cccc(F)c1Br. The van der Waals surface area contributed by atoms with Crippen LogP contribution in [-0.2, 0) is 6.54 Å². The Balaban J connectivity index is 1.74. The zero-order valence-electron chi connectivity index (χ0n) is 11.6. The molecule has 0 aromatic heterocycles. The number of halogens is 2. The first kappa shape index (κ1) is 14.5. The van der Waals surface area contributed by atoms with Crippen LogP contribution < -0.4 is 0 Å². The van der Waals surface area contributed by atoms with Crippen LogP contribution in [0.25, 0.3) is 0 Å². The number of hydrogen-bond donors (Lipinski definition) is 1. The maximum atomic E-state index is 13.6. The first-order chi connectivity index (χ1) is 9.66. The lowest BCUT2D eigenvalue weighted by atomic mass is 9.94. The van der Waals surface area contributed by atoms with Crippen molar-refractivity contribution in [2.24, 2.45) is 5.92 Å². The van der Waals surface area contributed by atoms with Crippen molar-refractivity contribution in [2.45, 2.75) is 50.8 Å². The lowest BCUT2D eigenvalue weighted by molar-refractivity contribution is 0.0717. The summed E-state index contributed by atoms with van der Waals surface area (Å²) >= 11 is 3.35. The molecule has 4 heteroatoms. The van der Waals surface area contributed by atoms with Crippen LogP contribution in [0.5, 0.6) is 0 Å². The van der Waals surface area contributed by atoms with E-state index in [1.54, 1.807) is 6.07 Å². The van der Waals surface area contributed by atoms with Crippen molar-refractivity contribution in [3.63, 3.8) is 0 Å². The molecule has 2 nitrogen and oxygen atoms in total. The molecule has 1 heterocycles. The van der Waals surface area contributed by atoms with E-state index in [4.69, 9.17) is 0 Å². The van der Waals surface area contributed by atoms with Crippen LogP contribution in [0.4, 0.5) is 4.39 Å². The number of aliphatic hydroxyl groups excluding tert-OH is 1. The minimum absolute atomic E-state index is 0.142. The van der Waals surface area contributed by atoms with Crippen LogP contribution in [-0.4, -0.2) is 28.7 Å². The average Bonchev–Trinajstić information content (AvgIpc) is 3.03. The summed E-state index contributed by atoms with van der Waals surface area (Å²) in [5, 5.41) is 10.1. The second-order valence-corrected chi connectivity index (χ2v) is 6.85. The summed E-state index contributed by atoms with van der Waals surface area (Å²) in [5.41, 5.74) is 1.00. The number of aliphatic hydroxyl groups is 1. The van der Waals surface area contributed by atoms with Crippen LogP contribution >= 0.6 is 15.9 Å². The third-order valence-electron chi connectivity index (χ3n) is 4.85. The summed E-state index contributed by atoms with van der Waals surface area (Å²) < 4.78 is 14.2. The van der Waals surface area contributed by atoms with Gasteiger partial charge in [0.2, 0.25) is 0 Å². The van der Waals surface area contributed by atoms with E-state index < -0.39 is 0 Å². The molecule has 3 rings (SSSR count). The second-order valence-electron chi connectivity index (χ2n) is 6.06. The number of benzene rings is 1. The van der Waals surface area contributed by atoms with E-state index in [2.05, 4.69) is 20.8 Å². The molecule has 0 amide bonds. The molecule has 1 saturated carbocycles. The summed E-state index contributed by atoms with van der Waals surface area (Å²) in [4.78, 5) is 2.43. The van der Waals surface area contributed by atoms with Crippen molar-refractivity contribution >= 4 is 15.9 Å². The van der Waals surface area contributed by atoms with Gasteiger partial charge in [0.1, 0.15) is 5.82 Å². The monoisotopic (exact) mass is 341 g/mol. The minimum atomic E-state index is -0.195. The quantitative estimate of drug-likeness (QED) is 0.905. The molecule has 110 valence electrons. The van der Waals surface area contributed by atoms with E-state index in [0.29, 0.717) is 16.4 Å². The Morgan fingerprint density at radius 1 is 1.25 bits per heavy atom. The molecule has 1 aliphatic carbocycles. The van der Waals surface area contributed by atoms with Gasteiger partial charge < -0.3 is 5.11 Å². The van der Waals surface area contributed by atoms with E-state index in [0.717, 1.165) is 44.3 Å². The third kappa shape index (κ3) is 2.78. The van der Waals surface area contributed by atoms with Crippen LogP contribution in [0.1, 0.15) is 37.7 Å². The van der Waals surface area contributed by atoms with E-state index in [-0.39, 0.29) is 11.9 Å². The molecular formula is C16H21BrFNO. The molecule has 1 aromatic carbocycles. The number of nitrogens with zero attached hydrogens (tertiary/aromatic N) is 1. The maximum Gasteiger partial charge on any atom is 0.137 e. The first-order valence-electron chi connectivity index (χ1n) is 7.52. The van der Waals surface area contributed by atoms with E-state index in [1.165, 1.54) is 12.5 Å². The zero-order valence-corrected chi connectivity index (χ0v) is 13.2. The maximum absolute atomic E-state index is 13.6. The van der Waals surface area contributed by atoms with Crippen LogP contribution in [0, 0.1) is 11.7 Å². The molecule has 0 spiro atoms. The fourth-order valence-corrected chi connectivity index (χ4v) is 4.23. The smallest absolute Gasteiger partial charge is 0.137 e. The van der Waals surface area contributed by atoms with E-state index in [1.807, 2.05) is 6.07 Å². The number of hydrogen-bond acceptors (Lipinski definition) is 2. The van der Waals surface area contributed by atoms with Crippen molar-refractivity contribution < 1.29 is 9.50 Å². The highest BCUT2D eigenvalue weighted by molar-refractivity contribution is 9.10. The normalized spacial score (nSPS) is 31.1. The lowest BCUT2D eigenvalue weighted by Gasteiger charge is -2.31. The summed E-state index contributed by atoms with van der Waals surface area (Å²) in [6, 6.07) is 5.69. The molecule has 1 aromatic rings. The van der Waals surface area contributed by atoms with Gasteiger partial charge in [-0.2, -0.15) is 0 Å². The van der Waals surface area contributed by atoms with Crippen molar-refractivity contribution in [1.82, 2.24) is 4.90 Å². The Morgan fingerprint density at radius 3 is 2.85 bits per heavy atom. The van der Waals surface area contributed by atoms with Gasteiger partial charge in [-0.3, -0.25) is 4.90 Å². The predicted molar refractivity (Wildman–Crippen MR) is 80.9 cm³/mol. The molecule has 1 saturated heterocycles. The lowest BCUT2D eigenvalue weighted by Crippen LogP contribution is -2.38. The van der Waals surface area contributed by atoms with Gasteiger partial charge in [0.05, 0.1) is 10.6 Å². The molecule has 2 aliphatic rings. The summed E-state index contributed by atoms with van der Waals surface area (Å²) in [7, 11) is 0. The zero-order chi connectivity index (χ0) is 14.1. The molecule has 1 aliphatic heterocycles. The second kappa shape index (κ2) is 6.12. The average molecular weight is 342 g/mol. The standard InChI is InChI=1S/C16H21BrFNO/c17-16-11(4-1-6-13(16)18)10-19-9-3-7-14(19)12-5-2-8-15(12)20/h1,4,6,12,14-15,20H,2-3,5,7-10H2. The van der Waals surface area contributed by atoms with Gasteiger partial charge >= 0.3 is 0 Å². The van der Waals surface area contributed by atoms with Crippen molar-refractivity contribution in [2.75, 3.05) is 6.54 Å². The molecule has 2 fully saturated rings. The van der Waals surface area contributed by atoms with Crippen molar-refractivity contribution in [3.8, 4) is 0 Å². The Kier molecular flexibility index (Phi) is 4.43. The van der Waals surface area contributed by atoms with Gasteiger partial charge in [0.25, 0.3) is 0 Å². The van der Waals surface area contributed by atoms with E-state index in [9.17, 15) is 9.50 Å². The molecule has 1 N–H and O–H groups in total. The van der Waals surface area contributed by atoms with Gasteiger partial charge in [-0.1, -0.05) is 18.6 Å². The summed E-state index contributed by atoms with van der Waals surface area (Å²) in [5.74, 6) is 0.212. The molecule has 0 radical (unpaired) electrons. The molecule has 3 atom stereocenters. The van der Waals surface area contributed by atoms with Gasteiger partial charge in [0.15, 0.2) is 0 Å². The number of likely N-dealkylation sites (tertiary alicyclic amines) is 1. The van der Waals surface area contributed by atoms with Gasteiger partial charge in [-0.05, 0) is 59.8 Å². The Hall–Kier alpha value is -0.450. The molecule has 0 bridgehead atoms. The summed E-state index contributed by atoms with van der Waals surface area (Å²) in [6.45, 7) is 1.82. The highest BCUT2D eigenvalue weighted by atomic mass is 79.9. The largest absolute Gasteiger partial charge is 0.393 e. The molecule has 3 unspecified atom stereocenters. The van der Waals surface area contributed by atoms with Gasteiger partial charge in [0, 0.05) is 18.5 Å². The van der Waals surface area contributed by atoms with Crippen LogP contribution in [0.3, 0.4) is 0 Å². The molecular weight excluding hydrogens is 321 g/mol. The van der Waals surface area contributed by atoms with E-state index >= 15 is 0 Å². The Morgan fingerprint density at radius 2 is 2.10 bits per heavy atom.